The maximum atomic E-state index is 14.0. The molecule has 2 aromatic rings. The van der Waals surface area contributed by atoms with Gasteiger partial charge in [0.1, 0.15) is 29.7 Å². The van der Waals surface area contributed by atoms with Gasteiger partial charge in [-0.25, -0.2) is 9.37 Å². The van der Waals surface area contributed by atoms with Gasteiger partial charge in [0.15, 0.2) is 0 Å². The van der Waals surface area contributed by atoms with E-state index in [9.17, 15) is 23.6 Å². The van der Waals surface area contributed by atoms with Crippen molar-refractivity contribution in [3.05, 3.63) is 29.3 Å². The SMILES string of the molecule is Cc1nc2c(C(=O)NC3CCC(=O)NC3=O)cc(F)cc2n1CC(=O)O.Cl. The summed E-state index contributed by atoms with van der Waals surface area (Å²) in [5, 5.41) is 13.6. The summed E-state index contributed by atoms with van der Waals surface area (Å²) in [7, 11) is 0. The molecule has 0 aliphatic carbocycles. The minimum absolute atomic E-state index is 0. The molecule has 3 rings (SSSR count). The molecule has 1 atom stereocenters. The number of imidazole rings is 1. The lowest BCUT2D eigenvalue weighted by atomic mass is 10.1. The van der Waals surface area contributed by atoms with E-state index in [4.69, 9.17) is 5.11 Å². The Morgan fingerprint density at radius 2 is 2.11 bits per heavy atom. The minimum atomic E-state index is -1.13. The van der Waals surface area contributed by atoms with Gasteiger partial charge < -0.3 is 15.0 Å². The van der Waals surface area contributed by atoms with Gasteiger partial charge in [0.2, 0.25) is 11.8 Å². The number of rotatable bonds is 4. The van der Waals surface area contributed by atoms with E-state index < -0.39 is 42.1 Å². The fraction of sp³-hybridized carbons (Fsp3) is 0.312. The van der Waals surface area contributed by atoms with E-state index in [1.807, 2.05) is 0 Å². The number of hydrogen-bond acceptors (Lipinski definition) is 5. The van der Waals surface area contributed by atoms with Crippen LogP contribution in [-0.4, -0.2) is 44.4 Å². The largest absolute Gasteiger partial charge is 0.480 e. The second kappa shape index (κ2) is 7.70. The monoisotopic (exact) mass is 398 g/mol. The highest BCUT2D eigenvalue weighted by Crippen LogP contribution is 2.22. The fourth-order valence-corrected chi connectivity index (χ4v) is 2.88. The predicted molar refractivity (Wildman–Crippen MR) is 92.9 cm³/mol. The molecule has 0 saturated carbocycles. The first-order valence-corrected chi connectivity index (χ1v) is 7.79. The number of carbonyl (C=O) groups is 4. The summed E-state index contributed by atoms with van der Waals surface area (Å²) in [5.41, 5.74) is 0.185. The van der Waals surface area contributed by atoms with Crippen molar-refractivity contribution in [1.82, 2.24) is 20.2 Å². The number of halogens is 2. The van der Waals surface area contributed by atoms with Crippen molar-refractivity contribution in [3.63, 3.8) is 0 Å². The van der Waals surface area contributed by atoms with Gasteiger partial charge in [0.05, 0.1) is 11.1 Å². The number of amides is 3. The molecule has 1 aliphatic heterocycles. The van der Waals surface area contributed by atoms with E-state index >= 15 is 0 Å². The number of aromatic nitrogens is 2. The van der Waals surface area contributed by atoms with E-state index in [1.165, 1.54) is 4.57 Å². The number of carboxylic acid groups (broad SMARTS) is 1. The maximum absolute atomic E-state index is 14.0. The molecule has 1 unspecified atom stereocenters. The summed E-state index contributed by atoms with van der Waals surface area (Å²) in [6.07, 6.45) is 0.225. The van der Waals surface area contributed by atoms with E-state index in [0.717, 1.165) is 12.1 Å². The van der Waals surface area contributed by atoms with Crippen molar-refractivity contribution in [2.45, 2.75) is 32.4 Å². The third-order valence-electron chi connectivity index (χ3n) is 4.09. The Bertz CT molecular complexity index is 958. The van der Waals surface area contributed by atoms with Gasteiger partial charge in [-0.3, -0.25) is 24.5 Å². The standard InChI is InChI=1S/C16H15FN4O5.ClH/c1-7-18-14-9(4-8(17)5-11(14)21(7)6-13(23)24)15(25)19-10-2-3-12(22)20-16(10)26;/h4-5,10H,2-3,6H2,1H3,(H,19,25)(H,23,24)(H,20,22,26);1H. The zero-order valence-corrected chi connectivity index (χ0v) is 14.9. The Kier molecular flexibility index (Phi) is 5.79. The van der Waals surface area contributed by atoms with Gasteiger partial charge in [-0.1, -0.05) is 0 Å². The highest BCUT2D eigenvalue weighted by atomic mass is 35.5. The smallest absolute Gasteiger partial charge is 0.323 e. The second-order valence-corrected chi connectivity index (χ2v) is 5.94. The molecule has 9 nitrogen and oxygen atoms in total. The van der Waals surface area contributed by atoms with Crippen LogP contribution < -0.4 is 10.6 Å². The Morgan fingerprint density at radius 1 is 1.41 bits per heavy atom. The number of carbonyl (C=O) groups excluding carboxylic acids is 3. The lowest BCUT2D eigenvalue weighted by Crippen LogP contribution is -2.52. The zero-order chi connectivity index (χ0) is 19.0. The van der Waals surface area contributed by atoms with E-state index in [2.05, 4.69) is 15.6 Å². The van der Waals surface area contributed by atoms with Gasteiger partial charge >= 0.3 is 5.97 Å². The molecule has 1 aromatic carbocycles. The summed E-state index contributed by atoms with van der Waals surface area (Å²) in [6, 6.07) is 1.16. The molecule has 144 valence electrons. The highest BCUT2D eigenvalue weighted by Gasteiger charge is 2.29. The lowest BCUT2D eigenvalue weighted by molar-refractivity contribution is -0.138. The van der Waals surface area contributed by atoms with Crippen LogP contribution in [0.15, 0.2) is 12.1 Å². The summed E-state index contributed by atoms with van der Waals surface area (Å²) in [6.45, 7) is 1.11. The van der Waals surface area contributed by atoms with Gasteiger partial charge in [-0.15, -0.1) is 12.4 Å². The van der Waals surface area contributed by atoms with Gasteiger partial charge in [-0.05, 0) is 25.5 Å². The molecule has 0 spiro atoms. The maximum Gasteiger partial charge on any atom is 0.323 e. The third kappa shape index (κ3) is 4.05. The topological polar surface area (TPSA) is 130 Å². The Hall–Kier alpha value is -3.01. The molecule has 1 aromatic heterocycles. The zero-order valence-electron chi connectivity index (χ0n) is 14.1. The number of benzene rings is 1. The number of aliphatic carboxylic acids is 1. The molecule has 1 fully saturated rings. The number of piperidine rings is 1. The number of fused-ring (bicyclic) bond motifs is 1. The quantitative estimate of drug-likeness (QED) is 0.644. The first kappa shape index (κ1) is 20.3. The van der Waals surface area contributed by atoms with Crippen LogP contribution in [-0.2, 0) is 20.9 Å². The number of carboxylic acids is 1. The second-order valence-electron chi connectivity index (χ2n) is 5.94. The molecule has 3 amide bonds. The van der Waals surface area contributed by atoms with Crippen LogP contribution in [0.4, 0.5) is 4.39 Å². The number of imide groups is 1. The molecular formula is C16H16ClFN4O5. The van der Waals surface area contributed by atoms with Crippen molar-refractivity contribution >= 4 is 47.1 Å². The molecule has 1 saturated heterocycles. The normalized spacial score (nSPS) is 16.6. The Labute approximate surface area is 158 Å². The summed E-state index contributed by atoms with van der Waals surface area (Å²) >= 11 is 0. The molecule has 2 heterocycles. The van der Waals surface area contributed by atoms with Crippen molar-refractivity contribution in [1.29, 1.82) is 0 Å². The Balaban J connectivity index is 0.00000261. The van der Waals surface area contributed by atoms with Crippen molar-refractivity contribution in [2.24, 2.45) is 0 Å². The predicted octanol–water partition coefficient (Wildman–Crippen LogP) is 0.525. The number of hydrogen-bond donors (Lipinski definition) is 3. The molecule has 0 bridgehead atoms. The van der Waals surface area contributed by atoms with Crippen LogP contribution in [0.3, 0.4) is 0 Å². The van der Waals surface area contributed by atoms with E-state index in [-0.39, 0.29) is 41.8 Å². The van der Waals surface area contributed by atoms with Gasteiger partial charge in [-0.2, -0.15) is 0 Å². The van der Waals surface area contributed by atoms with Gasteiger partial charge in [0.25, 0.3) is 5.91 Å². The molecule has 27 heavy (non-hydrogen) atoms. The summed E-state index contributed by atoms with van der Waals surface area (Å²) < 4.78 is 15.3. The van der Waals surface area contributed by atoms with Crippen LogP contribution in [0, 0.1) is 12.7 Å². The average molecular weight is 399 g/mol. The van der Waals surface area contributed by atoms with Crippen molar-refractivity contribution in [2.75, 3.05) is 0 Å². The number of nitrogens with one attached hydrogen (secondary N) is 2. The summed E-state index contributed by atoms with van der Waals surface area (Å²) in [5.74, 6) is -3.35. The van der Waals surface area contributed by atoms with Crippen molar-refractivity contribution in [3.8, 4) is 0 Å². The average Bonchev–Trinajstić information content (AvgIpc) is 2.85. The van der Waals surface area contributed by atoms with E-state index in [1.54, 1.807) is 6.92 Å². The molecule has 0 radical (unpaired) electrons. The third-order valence-corrected chi connectivity index (χ3v) is 4.09. The van der Waals surface area contributed by atoms with Gasteiger partial charge in [0, 0.05) is 6.42 Å². The molecule has 1 aliphatic rings. The molecule has 3 N–H and O–H groups in total. The summed E-state index contributed by atoms with van der Waals surface area (Å²) in [4.78, 5) is 50.7. The van der Waals surface area contributed by atoms with Crippen molar-refractivity contribution < 1.29 is 28.7 Å². The Morgan fingerprint density at radius 3 is 2.74 bits per heavy atom. The minimum Gasteiger partial charge on any atom is -0.480 e. The van der Waals surface area contributed by atoms with Crippen LogP contribution in [0.2, 0.25) is 0 Å². The first-order valence-electron chi connectivity index (χ1n) is 7.79. The van der Waals surface area contributed by atoms with Crippen LogP contribution in [0.25, 0.3) is 11.0 Å². The molecular weight excluding hydrogens is 383 g/mol. The van der Waals surface area contributed by atoms with E-state index in [0.29, 0.717) is 5.82 Å². The number of nitrogens with zero attached hydrogens (tertiary/aromatic N) is 2. The van der Waals surface area contributed by atoms with Crippen LogP contribution in [0.5, 0.6) is 0 Å². The van der Waals surface area contributed by atoms with Crippen LogP contribution >= 0.6 is 12.4 Å². The lowest BCUT2D eigenvalue weighted by Gasteiger charge is -2.21. The fourth-order valence-electron chi connectivity index (χ4n) is 2.88. The number of aryl methyl sites for hydroxylation is 1. The molecule has 11 heteroatoms. The first-order chi connectivity index (χ1) is 12.3. The highest BCUT2D eigenvalue weighted by molar-refractivity contribution is 6.08. The van der Waals surface area contributed by atoms with Crippen LogP contribution in [0.1, 0.15) is 29.0 Å².